The van der Waals surface area contributed by atoms with Gasteiger partial charge < -0.3 is 10.0 Å². The highest BCUT2D eigenvalue weighted by molar-refractivity contribution is 4.96. The Kier molecular flexibility index (Phi) is 5.94. The molecule has 102 valence electrons. The van der Waals surface area contributed by atoms with E-state index >= 15 is 0 Å². The van der Waals surface area contributed by atoms with Crippen LogP contribution in [0.4, 0.5) is 0 Å². The van der Waals surface area contributed by atoms with Crippen LogP contribution < -0.4 is 0 Å². The van der Waals surface area contributed by atoms with E-state index in [-0.39, 0.29) is 11.6 Å². The van der Waals surface area contributed by atoms with E-state index in [4.69, 9.17) is 0 Å². The van der Waals surface area contributed by atoms with Gasteiger partial charge in [0.15, 0.2) is 0 Å². The first-order valence-corrected chi connectivity index (χ1v) is 7.38. The van der Waals surface area contributed by atoms with Gasteiger partial charge in [-0.05, 0) is 39.3 Å². The zero-order valence-corrected chi connectivity index (χ0v) is 12.2. The Hall–Kier alpha value is -0.0800. The van der Waals surface area contributed by atoms with Gasteiger partial charge in [0, 0.05) is 5.54 Å². The van der Waals surface area contributed by atoms with Crippen LogP contribution >= 0.6 is 0 Å². The van der Waals surface area contributed by atoms with Crippen LogP contribution in [0.1, 0.15) is 65.2 Å². The number of hydrogen-bond donors (Lipinski definition) is 1. The molecule has 1 N–H and O–H groups in total. The molecule has 2 heteroatoms. The third-order valence-corrected chi connectivity index (χ3v) is 4.80. The van der Waals surface area contributed by atoms with Crippen molar-refractivity contribution in [1.82, 2.24) is 4.90 Å². The Bertz CT molecular complexity index is 207. The van der Waals surface area contributed by atoms with Gasteiger partial charge in [-0.15, -0.1) is 0 Å². The summed E-state index contributed by atoms with van der Waals surface area (Å²) in [6, 6.07) is 0. The van der Waals surface area contributed by atoms with Crippen molar-refractivity contribution in [2.45, 2.75) is 76.9 Å². The Morgan fingerprint density at radius 1 is 1.12 bits per heavy atom. The third-order valence-electron chi connectivity index (χ3n) is 4.80. The highest BCUT2D eigenvalue weighted by Gasteiger charge is 2.40. The smallest absolute Gasteiger partial charge is 0.0726 e. The largest absolute Gasteiger partial charge is 0.391 e. The van der Waals surface area contributed by atoms with Gasteiger partial charge >= 0.3 is 0 Å². The van der Waals surface area contributed by atoms with Gasteiger partial charge in [0.2, 0.25) is 0 Å². The van der Waals surface area contributed by atoms with Crippen molar-refractivity contribution in [3.8, 4) is 0 Å². The van der Waals surface area contributed by atoms with Crippen molar-refractivity contribution in [2.24, 2.45) is 5.92 Å². The van der Waals surface area contributed by atoms with E-state index < -0.39 is 0 Å². The maximum atomic E-state index is 10.7. The first kappa shape index (κ1) is 15.0. The van der Waals surface area contributed by atoms with Gasteiger partial charge in [0.25, 0.3) is 0 Å². The molecule has 0 amide bonds. The lowest BCUT2D eigenvalue weighted by Gasteiger charge is -2.44. The fraction of sp³-hybridized carbons (Fsp3) is 1.00. The summed E-state index contributed by atoms with van der Waals surface area (Å²) < 4.78 is 0. The van der Waals surface area contributed by atoms with Gasteiger partial charge in [-0.2, -0.15) is 0 Å². The first-order valence-electron chi connectivity index (χ1n) is 7.38. The average Bonchev–Trinajstić information content (AvgIpc) is 2.54. The number of rotatable bonds is 5. The molecular formula is C15H31NO. The number of aliphatic hydroxyl groups is 1. The molecule has 17 heavy (non-hydrogen) atoms. The van der Waals surface area contributed by atoms with E-state index in [1.54, 1.807) is 0 Å². The maximum absolute atomic E-state index is 10.7. The lowest BCUT2D eigenvalue weighted by Crippen LogP contribution is -2.53. The van der Waals surface area contributed by atoms with E-state index in [1.807, 2.05) is 0 Å². The van der Waals surface area contributed by atoms with Crippen LogP contribution in [0.15, 0.2) is 0 Å². The lowest BCUT2D eigenvalue weighted by atomic mass is 9.79. The SMILES string of the molecule is CCC(C)CC(O)C1(N(C)C)CCCCCC1. The molecule has 2 atom stereocenters. The minimum Gasteiger partial charge on any atom is -0.391 e. The normalized spacial score (nSPS) is 24.4. The molecule has 1 aliphatic carbocycles. The predicted octanol–water partition coefficient (Wildman–Crippen LogP) is 3.44. The van der Waals surface area contributed by atoms with Crippen molar-refractivity contribution >= 4 is 0 Å². The molecular weight excluding hydrogens is 210 g/mol. The van der Waals surface area contributed by atoms with E-state index in [0.717, 1.165) is 19.3 Å². The molecule has 0 heterocycles. The number of likely N-dealkylation sites (N-methyl/N-ethyl adjacent to an activating group) is 1. The summed E-state index contributed by atoms with van der Waals surface area (Å²) in [6.07, 6.45) is 9.51. The zero-order chi connectivity index (χ0) is 12.9. The molecule has 0 bridgehead atoms. The molecule has 1 fully saturated rings. The molecule has 2 unspecified atom stereocenters. The molecule has 0 aromatic rings. The standard InChI is InChI=1S/C15H31NO/c1-5-13(2)12-14(17)15(16(3)4)10-8-6-7-9-11-15/h13-14,17H,5-12H2,1-4H3. The van der Waals surface area contributed by atoms with Gasteiger partial charge in [-0.25, -0.2) is 0 Å². The number of nitrogens with zero attached hydrogens (tertiary/aromatic N) is 1. The Balaban J connectivity index is 2.74. The summed E-state index contributed by atoms with van der Waals surface area (Å²) in [6.45, 7) is 4.47. The van der Waals surface area contributed by atoms with E-state index in [2.05, 4.69) is 32.8 Å². The molecule has 0 spiro atoms. The van der Waals surface area contributed by atoms with Crippen LogP contribution in [0.25, 0.3) is 0 Å². The molecule has 1 rings (SSSR count). The van der Waals surface area contributed by atoms with Crippen molar-refractivity contribution in [3.63, 3.8) is 0 Å². The average molecular weight is 241 g/mol. The van der Waals surface area contributed by atoms with Crippen LogP contribution in [0.3, 0.4) is 0 Å². The predicted molar refractivity (Wildman–Crippen MR) is 74.2 cm³/mol. The van der Waals surface area contributed by atoms with Crippen LogP contribution in [0.2, 0.25) is 0 Å². The van der Waals surface area contributed by atoms with Crippen LogP contribution in [0, 0.1) is 5.92 Å². The van der Waals surface area contributed by atoms with Gasteiger partial charge in [0.1, 0.15) is 0 Å². The van der Waals surface area contributed by atoms with Gasteiger partial charge in [-0.3, -0.25) is 0 Å². The minimum absolute atomic E-state index is 0.0416. The van der Waals surface area contributed by atoms with Gasteiger partial charge in [0.05, 0.1) is 6.10 Å². The molecule has 0 aromatic heterocycles. The topological polar surface area (TPSA) is 23.5 Å². The quantitative estimate of drug-likeness (QED) is 0.745. The van der Waals surface area contributed by atoms with Gasteiger partial charge in [-0.1, -0.05) is 46.0 Å². The van der Waals surface area contributed by atoms with Crippen molar-refractivity contribution in [1.29, 1.82) is 0 Å². The van der Waals surface area contributed by atoms with Crippen LogP contribution in [-0.2, 0) is 0 Å². The maximum Gasteiger partial charge on any atom is 0.0726 e. The molecule has 2 nitrogen and oxygen atoms in total. The summed E-state index contributed by atoms with van der Waals surface area (Å²) in [4.78, 5) is 2.30. The van der Waals surface area contributed by atoms with E-state index in [9.17, 15) is 5.11 Å². The molecule has 0 saturated heterocycles. The van der Waals surface area contributed by atoms with Crippen molar-refractivity contribution < 1.29 is 5.11 Å². The number of aliphatic hydroxyl groups excluding tert-OH is 1. The third kappa shape index (κ3) is 3.69. The second kappa shape index (κ2) is 6.75. The highest BCUT2D eigenvalue weighted by Crippen LogP contribution is 2.36. The minimum atomic E-state index is -0.162. The Morgan fingerprint density at radius 3 is 2.06 bits per heavy atom. The van der Waals surface area contributed by atoms with E-state index in [0.29, 0.717) is 5.92 Å². The molecule has 0 radical (unpaired) electrons. The summed E-state index contributed by atoms with van der Waals surface area (Å²) in [5.74, 6) is 0.630. The zero-order valence-electron chi connectivity index (χ0n) is 12.2. The summed E-state index contributed by atoms with van der Waals surface area (Å²) in [7, 11) is 4.29. The monoisotopic (exact) mass is 241 g/mol. The van der Waals surface area contributed by atoms with E-state index in [1.165, 1.54) is 32.1 Å². The van der Waals surface area contributed by atoms with Crippen LogP contribution in [-0.4, -0.2) is 35.7 Å². The lowest BCUT2D eigenvalue weighted by molar-refractivity contribution is -0.0296. The summed E-state index contributed by atoms with van der Waals surface area (Å²) in [5, 5.41) is 10.7. The van der Waals surface area contributed by atoms with Crippen molar-refractivity contribution in [2.75, 3.05) is 14.1 Å². The summed E-state index contributed by atoms with van der Waals surface area (Å²) in [5.41, 5.74) is 0.0416. The van der Waals surface area contributed by atoms with Crippen molar-refractivity contribution in [3.05, 3.63) is 0 Å². The molecule has 1 saturated carbocycles. The second-order valence-corrected chi connectivity index (χ2v) is 6.18. The second-order valence-electron chi connectivity index (χ2n) is 6.18. The molecule has 1 aliphatic rings. The highest BCUT2D eigenvalue weighted by atomic mass is 16.3. The fourth-order valence-corrected chi connectivity index (χ4v) is 3.19. The first-order chi connectivity index (χ1) is 8.03. The fourth-order valence-electron chi connectivity index (χ4n) is 3.19. The number of hydrogen-bond acceptors (Lipinski definition) is 2. The molecule has 0 aliphatic heterocycles. The molecule has 0 aromatic carbocycles. The Labute approximate surface area is 107 Å². The van der Waals surface area contributed by atoms with Crippen LogP contribution in [0.5, 0.6) is 0 Å². The Morgan fingerprint density at radius 2 is 1.65 bits per heavy atom. The summed E-state index contributed by atoms with van der Waals surface area (Å²) >= 11 is 0.